The molecule has 102 valence electrons. The first-order chi connectivity index (χ1) is 8.36. The predicted octanol–water partition coefficient (Wildman–Crippen LogP) is 4.47. The Labute approximate surface area is 113 Å². The molecule has 0 aromatic carbocycles. The highest BCUT2D eigenvalue weighted by Gasteiger charge is 2.19. The zero-order valence-electron chi connectivity index (χ0n) is 11.8. The standard InChI is InChI=1S/C15H31NS/c1-3-7-14-8-10-15(11-9-14)16-12-5-4-6-13-17-2/h14-16H,3-13H2,1-2H3. The molecule has 0 aromatic heterocycles. The molecule has 2 heteroatoms. The largest absolute Gasteiger partial charge is 0.314 e. The summed E-state index contributed by atoms with van der Waals surface area (Å²) >= 11 is 1.97. The Hall–Kier alpha value is 0.310. The molecule has 0 aliphatic heterocycles. The third kappa shape index (κ3) is 7.35. The molecular weight excluding hydrogens is 226 g/mol. The van der Waals surface area contributed by atoms with Crippen molar-refractivity contribution >= 4 is 11.8 Å². The molecule has 1 nitrogen and oxygen atoms in total. The van der Waals surface area contributed by atoms with Crippen molar-refractivity contribution in [2.75, 3.05) is 18.6 Å². The summed E-state index contributed by atoms with van der Waals surface area (Å²) in [6, 6.07) is 0.837. The van der Waals surface area contributed by atoms with E-state index in [4.69, 9.17) is 0 Å². The Morgan fingerprint density at radius 3 is 2.47 bits per heavy atom. The Morgan fingerprint density at radius 1 is 1.06 bits per heavy atom. The molecule has 0 atom stereocenters. The van der Waals surface area contributed by atoms with E-state index in [0.717, 1.165) is 12.0 Å². The number of nitrogens with one attached hydrogen (secondary N) is 1. The van der Waals surface area contributed by atoms with Crippen LogP contribution in [-0.2, 0) is 0 Å². The summed E-state index contributed by atoms with van der Waals surface area (Å²) in [6.07, 6.45) is 15.0. The fourth-order valence-electron chi connectivity index (χ4n) is 2.92. The van der Waals surface area contributed by atoms with Crippen LogP contribution in [0, 0.1) is 5.92 Å². The highest BCUT2D eigenvalue weighted by Crippen LogP contribution is 2.27. The summed E-state index contributed by atoms with van der Waals surface area (Å²) in [4.78, 5) is 0. The van der Waals surface area contributed by atoms with E-state index in [1.165, 1.54) is 70.1 Å². The van der Waals surface area contributed by atoms with Crippen LogP contribution in [0.5, 0.6) is 0 Å². The van der Waals surface area contributed by atoms with Crippen molar-refractivity contribution in [2.24, 2.45) is 5.92 Å². The van der Waals surface area contributed by atoms with Gasteiger partial charge in [0.05, 0.1) is 0 Å². The van der Waals surface area contributed by atoms with E-state index in [0.29, 0.717) is 0 Å². The smallest absolute Gasteiger partial charge is 0.00672 e. The Bertz CT molecular complexity index is 164. The zero-order chi connectivity index (χ0) is 12.3. The van der Waals surface area contributed by atoms with Crippen molar-refractivity contribution in [1.82, 2.24) is 5.32 Å². The molecule has 0 heterocycles. The molecule has 1 saturated carbocycles. The number of thioether (sulfide) groups is 1. The molecule has 0 radical (unpaired) electrons. The van der Waals surface area contributed by atoms with E-state index in [1.54, 1.807) is 0 Å². The van der Waals surface area contributed by atoms with Crippen LogP contribution in [0.2, 0.25) is 0 Å². The number of rotatable bonds is 9. The summed E-state index contributed by atoms with van der Waals surface area (Å²) < 4.78 is 0. The van der Waals surface area contributed by atoms with Crippen LogP contribution in [0.15, 0.2) is 0 Å². The molecule has 0 saturated heterocycles. The highest BCUT2D eigenvalue weighted by molar-refractivity contribution is 7.98. The molecule has 1 fully saturated rings. The second-order valence-electron chi connectivity index (χ2n) is 5.51. The number of hydrogen-bond donors (Lipinski definition) is 1. The quantitative estimate of drug-likeness (QED) is 0.612. The van der Waals surface area contributed by atoms with Crippen molar-refractivity contribution in [3.05, 3.63) is 0 Å². The van der Waals surface area contributed by atoms with Crippen LogP contribution in [0.25, 0.3) is 0 Å². The zero-order valence-corrected chi connectivity index (χ0v) is 12.7. The molecule has 0 unspecified atom stereocenters. The summed E-state index contributed by atoms with van der Waals surface area (Å²) in [5.41, 5.74) is 0. The third-order valence-corrected chi connectivity index (χ3v) is 4.70. The molecule has 17 heavy (non-hydrogen) atoms. The lowest BCUT2D eigenvalue weighted by Crippen LogP contribution is -2.33. The van der Waals surface area contributed by atoms with Gasteiger partial charge < -0.3 is 5.32 Å². The lowest BCUT2D eigenvalue weighted by molar-refractivity contribution is 0.278. The minimum atomic E-state index is 0.837. The van der Waals surface area contributed by atoms with Crippen LogP contribution < -0.4 is 5.32 Å². The van der Waals surface area contributed by atoms with E-state index >= 15 is 0 Å². The van der Waals surface area contributed by atoms with Gasteiger partial charge in [0.15, 0.2) is 0 Å². The van der Waals surface area contributed by atoms with Crippen LogP contribution in [0.1, 0.15) is 64.7 Å². The predicted molar refractivity (Wildman–Crippen MR) is 80.9 cm³/mol. The summed E-state index contributed by atoms with van der Waals surface area (Å²) in [7, 11) is 0. The molecule has 0 aromatic rings. The van der Waals surface area contributed by atoms with Crippen molar-refractivity contribution in [3.63, 3.8) is 0 Å². The maximum absolute atomic E-state index is 3.75. The minimum absolute atomic E-state index is 0.837. The fraction of sp³-hybridized carbons (Fsp3) is 1.00. The fourth-order valence-corrected chi connectivity index (χ4v) is 3.41. The van der Waals surface area contributed by atoms with Gasteiger partial charge in [-0.25, -0.2) is 0 Å². The molecule has 0 amide bonds. The van der Waals surface area contributed by atoms with Crippen LogP contribution in [0.3, 0.4) is 0 Å². The van der Waals surface area contributed by atoms with E-state index in [2.05, 4.69) is 18.5 Å². The monoisotopic (exact) mass is 257 g/mol. The summed E-state index contributed by atoms with van der Waals surface area (Å²) in [5, 5.41) is 3.75. The van der Waals surface area contributed by atoms with Gasteiger partial charge in [0.2, 0.25) is 0 Å². The molecule has 1 aliphatic rings. The third-order valence-electron chi connectivity index (χ3n) is 4.00. The number of unbranched alkanes of at least 4 members (excludes halogenated alkanes) is 2. The molecule has 1 N–H and O–H groups in total. The van der Waals surface area contributed by atoms with Gasteiger partial charge in [-0.2, -0.15) is 11.8 Å². The van der Waals surface area contributed by atoms with Crippen molar-refractivity contribution in [3.8, 4) is 0 Å². The van der Waals surface area contributed by atoms with Gasteiger partial charge in [-0.15, -0.1) is 0 Å². The lowest BCUT2D eigenvalue weighted by atomic mass is 9.83. The SMILES string of the molecule is CCCC1CCC(NCCCCCSC)CC1. The van der Waals surface area contributed by atoms with E-state index in [9.17, 15) is 0 Å². The molecule has 1 aliphatic carbocycles. The van der Waals surface area contributed by atoms with Gasteiger partial charge >= 0.3 is 0 Å². The summed E-state index contributed by atoms with van der Waals surface area (Å²) in [5.74, 6) is 2.38. The summed E-state index contributed by atoms with van der Waals surface area (Å²) in [6.45, 7) is 3.57. The average molecular weight is 257 g/mol. The molecule has 0 spiro atoms. The molecule has 0 bridgehead atoms. The Balaban J connectivity index is 1.91. The maximum atomic E-state index is 3.75. The highest BCUT2D eigenvalue weighted by atomic mass is 32.2. The Kier molecular flexibility index (Phi) is 9.27. The minimum Gasteiger partial charge on any atom is -0.314 e. The first-order valence-electron chi connectivity index (χ1n) is 7.59. The number of hydrogen-bond acceptors (Lipinski definition) is 2. The first kappa shape index (κ1) is 15.4. The van der Waals surface area contributed by atoms with Crippen molar-refractivity contribution in [1.29, 1.82) is 0 Å². The van der Waals surface area contributed by atoms with Gasteiger partial charge in [0, 0.05) is 6.04 Å². The second-order valence-corrected chi connectivity index (χ2v) is 6.50. The average Bonchev–Trinajstić information content (AvgIpc) is 2.36. The molecule has 1 rings (SSSR count). The van der Waals surface area contributed by atoms with Crippen LogP contribution >= 0.6 is 11.8 Å². The van der Waals surface area contributed by atoms with Gasteiger partial charge in [0.25, 0.3) is 0 Å². The van der Waals surface area contributed by atoms with E-state index in [-0.39, 0.29) is 0 Å². The normalized spacial score (nSPS) is 25.1. The van der Waals surface area contributed by atoms with Crippen molar-refractivity contribution in [2.45, 2.75) is 70.8 Å². The maximum Gasteiger partial charge on any atom is 0.00672 e. The molecular formula is C15H31NS. The van der Waals surface area contributed by atoms with E-state index in [1.807, 2.05) is 11.8 Å². The van der Waals surface area contributed by atoms with Crippen molar-refractivity contribution < 1.29 is 0 Å². The lowest BCUT2D eigenvalue weighted by Gasteiger charge is -2.29. The van der Waals surface area contributed by atoms with Gasteiger partial charge in [-0.3, -0.25) is 0 Å². The van der Waals surface area contributed by atoms with Gasteiger partial charge in [0.1, 0.15) is 0 Å². The van der Waals surface area contributed by atoms with Crippen LogP contribution in [0.4, 0.5) is 0 Å². The Morgan fingerprint density at radius 2 is 1.82 bits per heavy atom. The van der Waals surface area contributed by atoms with Gasteiger partial charge in [-0.05, 0) is 63.0 Å². The van der Waals surface area contributed by atoms with Crippen LogP contribution in [-0.4, -0.2) is 24.6 Å². The van der Waals surface area contributed by atoms with E-state index < -0.39 is 0 Å². The topological polar surface area (TPSA) is 12.0 Å². The van der Waals surface area contributed by atoms with Gasteiger partial charge in [-0.1, -0.05) is 26.2 Å². The second kappa shape index (κ2) is 10.3. The first-order valence-corrected chi connectivity index (χ1v) is 8.98.